The van der Waals surface area contributed by atoms with Crippen molar-refractivity contribution in [2.45, 2.75) is 45.0 Å². The molecule has 1 aromatic heterocycles. The minimum absolute atomic E-state index is 0.0692. The molecule has 0 aromatic carbocycles. The van der Waals surface area contributed by atoms with Gasteiger partial charge in [0.05, 0.1) is 18.3 Å². The average Bonchev–Trinajstić information content (AvgIpc) is 2.66. The topological polar surface area (TPSA) is 47.5 Å². The zero-order chi connectivity index (χ0) is 13.4. The first-order valence-electron chi connectivity index (χ1n) is 6.72. The lowest BCUT2D eigenvalue weighted by molar-refractivity contribution is 0.0302. The SMILES string of the molecule is CC(C)Oc1cc(N2CC3CCC(C2)O3)nc(Cl)n1. The third-order valence-corrected chi connectivity index (χ3v) is 3.55. The molecule has 6 heteroatoms. The molecule has 2 atom stereocenters. The summed E-state index contributed by atoms with van der Waals surface area (Å²) in [4.78, 5) is 10.6. The van der Waals surface area contributed by atoms with E-state index >= 15 is 0 Å². The van der Waals surface area contributed by atoms with Crippen molar-refractivity contribution < 1.29 is 9.47 Å². The van der Waals surface area contributed by atoms with Crippen molar-refractivity contribution in [2.75, 3.05) is 18.0 Å². The lowest BCUT2D eigenvalue weighted by Gasteiger charge is -2.33. The van der Waals surface area contributed by atoms with Crippen LogP contribution in [0.3, 0.4) is 0 Å². The number of fused-ring (bicyclic) bond motifs is 2. The van der Waals surface area contributed by atoms with Crippen LogP contribution in [0, 0.1) is 0 Å². The Morgan fingerprint density at radius 3 is 2.63 bits per heavy atom. The van der Waals surface area contributed by atoms with Crippen molar-refractivity contribution in [2.24, 2.45) is 0 Å². The molecule has 2 fully saturated rings. The van der Waals surface area contributed by atoms with Gasteiger partial charge in [0, 0.05) is 19.2 Å². The summed E-state index contributed by atoms with van der Waals surface area (Å²) in [7, 11) is 0. The lowest BCUT2D eigenvalue weighted by atomic mass is 10.2. The van der Waals surface area contributed by atoms with Gasteiger partial charge in [-0.1, -0.05) is 0 Å². The van der Waals surface area contributed by atoms with Crippen LogP contribution in [-0.2, 0) is 4.74 Å². The summed E-state index contributed by atoms with van der Waals surface area (Å²) in [5, 5.41) is 0.229. The Bertz CT molecular complexity index is 457. The molecule has 2 aliphatic heterocycles. The fourth-order valence-corrected chi connectivity index (χ4v) is 2.82. The van der Waals surface area contributed by atoms with Gasteiger partial charge in [-0.15, -0.1) is 0 Å². The summed E-state index contributed by atoms with van der Waals surface area (Å²) in [6.07, 6.45) is 2.98. The molecule has 3 heterocycles. The van der Waals surface area contributed by atoms with Crippen molar-refractivity contribution in [3.05, 3.63) is 11.3 Å². The highest BCUT2D eigenvalue weighted by molar-refractivity contribution is 6.28. The molecule has 0 saturated carbocycles. The van der Waals surface area contributed by atoms with Crippen molar-refractivity contribution >= 4 is 17.4 Å². The molecule has 1 aromatic rings. The van der Waals surface area contributed by atoms with Crippen molar-refractivity contribution in [1.29, 1.82) is 0 Å². The normalized spacial score (nSPS) is 26.0. The number of rotatable bonds is 3. The molecule has 19 heavy (non-hydrogen) atoms. The van der Waals surface area contributed by atoms with E-state index in [1.165, 1.54) is 0 Å². The first kappa shape index (κ1) is 12.9. The fraction of sp³-hybridized carbons (Fsp3) is 0.692. The summed E-state index contributed by atoms with van der Waals surface area (Å²) >= 11 is 5.98. The monoisotopic (exact) mass is 283 g/mol. The van der Waals surface area contributed by atoms with Gasteiger partial charge in [-0.05, 0) is 38.3 Å². The van der Waals surface area contributed by atoms with Crippen LogP contribution in [0.1, 0.15) is 26.7 Å². The predicted octanol–water partition coefficient (Wildman–Crippen LogP) is 2.28. The van der Waals surface area contributed by atoms with Crippen LogP contribution in [-0.4, -0.2) is 41.4 Å². The van der Waals surface area contributed by atoms with Crippen LogP contribution < -0.4 is 9.64 Å². The Labute approximate surface area is 117 Å². The third kappa shape index (κ3) is 2.92. The van der Waals surface area contributed by atoms with Crippen molar-refractivity contribution in [1.82, 2.24) is 9.97 Å². The number of halogens is 1. The number of morpholine rings is 1. The van der Waals surface area contributed by atoms with Gasteiger partial charge in [0.1, 0.15) is 5.82 Å². The third-order valence-electron chi connectivity index (χ3n) is 3.39. The summed E-state index contributed by atoms with van der Waals surface area (Å²) in [5.41, 5.74) is 0. The average molecular weight is 284 g/mol. The molecular weight excluding hydrogens is 266 g/mol. The molecule has 0 amide bonds. The smallest absolute Gasteiger partial charge is 0.227 e. The van der Waals surface area contributed by atoms with Crippen LogP contribution in [0.5, 0.6) is 5.88 Å². The minimum atomic E-state index is 0.0692. The van der Waals surface area contributed by atoms with E-state index in [0.717, 1.165) is 31.7 Å². The zero-order valence-electron chi connectivity index (χ0n) is 11.2. The summed E-state index contributed by atoms with van der Waals surface area (Å²) in [5.74, 6) is 1.36. The van der Waals surface area contributed by atoms with Crippen LogP contribution in [0.2, 0.25) is 5.28 Å². The zero-order valence-corrected chi connectivity index (χ0v) is 11.9. The van der Waals surface area contributed by atoms with Crippen molar-refractivity contribution in [3.8, 4) is 5.88 Å². The van der Waals surface area contributed by atoms with Crippen LogP contribution in [0.4, 0.5) is 5.82 Å². The molecule has 104 valence electrons. The van der Waals surface area contributed by atoms with Gasteiger partial charge in [-0.3, -0.25) is 0 Å². The number of anilines is 1. The molecule has 5 nitrogen and oxygen atoms in total. The van der Waals surface area contributed by atoms with Gasteiger partial charge in [-0.2, -0.15) is 4.98 Å². The maximum absolute atomic E-state index is 5.98. The van der Waals surface area contributed by atoms with E-state index in [-0.39, 0.29) is 11.4 Å². The van der Waals surface area contributed by atoms with Crippen LogP contribution in [0.25, 0.3) is 0 Å². The number of ether oxygens (including phenoxy) is 2. The fourth-order valence-electron chi connectivity index (χ4n) is 2.65. The Balaban J connectivity index is 1.81. The molecule has 0 radical (unpaired) electrons. The molecular formula is C13H18ClN3O2. The molecule has 0 N–H and O–H groups in total. The highest BCUT2D eigenvalue weighted by atomic mass is 35.5. The maximum Gasteiger partial charge on any atom is 0.227 e. The van der Waals surface area contributed by atoms with Gasteiger partial charge in [0.2, 0.25) is 11.2 Å². The van der Waals surface area contributed by atoms with Gasteiger partial charge < -0.3 is 14.4 Å². The molecule has 0 aliphatic carbocycles. The van der Waals surface area contributed by atoms with E-state index in [2.05, 4.69) is 14.9 Å². The molecule has 3 rings (SSSR count). The highest BCUT2D eigenvalue weighted by Gasteiger charge is 2.34. The van der Waals surface area contributed by atoms with E-state index in [9.17, 15) is 0 Å². The quantitative estimate of drug-likeness (QED) is 0.797. The molecule has 2 bridgehead atoms. The Morgan fingerprint density at radius 1 is 1.32 bits per heavy atom. The van der Waals surface area contributed by atoms with Gasteiger partial charge in [0.25, 0.3) is 0 Å². The van der Waals surface area contributed by atoms with Gasteiger partial charge >= 0.3 is 0 Å². The number of hydrogen-bond donors (Lipinski definition) is 0. The van der Waals surface area contributed by atoms with E-state index in [1.54, 1.807) is 0 Å². The second-order valence-corrected chi connectivity index (χ2v) is 5.70. The van der Waals surface area contributed by atoms with Crippen LogP contribution in [0.15, 0.2) is 6.07 Å². The number of hydrogen-bond acceptors (Lipinski definition) is 5. The first-order chi connectivity index (χ1) is 9.10. The molecule has 2 saturated heterocycles. The Morgan fingerprint density at radius 2 is 2.00 bits per heavy atom. The summed E-state index contributed by atoms with van der Waals surface area (Å²) in [6.45, 7) is 5.66. The number of nitrogens with zero attached hydrogens (tertiary/aromatic N) is 3. The van der Waals surface area contributed by atoms with E-state index < -0.39 is 0 Å². The molecule has 0 spiro atoms. The molecule has 2 unspecified atom stereocenters. The second kappa shape index (κ2) is 5.13. The first-order valence-corrected chi connectivity index (χ1v) is 7.09. The van der Waals surface area contributed by atoms with Crippen LogP contribution >= 0.6 is 11.6 Å². The van der Waals surface area contributed by atoms with Crippen molar-refractivity contribution in [3.63, 3.8) is 0 Å². The van der Waals surface area contributed by atoms with Gasteiger partial charge in [-0.25, -0.2) is 4.98 Å². The largest absolute Gasteiger partial charge is 0.475 e. The lowest BCUT2D eigenvalue weighted by Crippen LogP contribution is -2.43. The Kier molecular flexibility index (Phi) is 3.50. The standard InChI is InChI=1S/C13H18ClN3O2/c1-8(2)18-12-5-11(15-13(14)16-12)17-6-9-3-4-10(7-17)19-9/h5,8-10H,3-4,6-7H2,1-2H3. The van der Waals surface area contributed by atoms with E-state index in [0.29, 0.717) is 18.1 Å². The summed E-state index contributed by atoms with van der Waals surface area (Å²) in [6, 6.07) is 1.86. The van der Waals surface area contributed by atoms with E-state index in [1.807, 2.05) is 19.9 Å². The summed E-state index contributed by atoms with van der Waals surface area (Å²) < 4.78 is 11.4. The number of aromatic nitrogens is 2. The highest BCUT2D eigenvalue weighted by Crippen LogP contribution is 2.30. The van der Waals surface area contributed by atoms with Gasteiger partial charge in [0.15, 0.2) is 0 Å². The molecule has 2 aliphatic rings. The second-order valence-electron chi connectivity index (χ2n) is 5.36. The minimum Gasteiger partial charge on any atom is -0.475 e. The predicted molar refractivity (Wildman–Crippen MR) is 72.9 cm³/mol. The Hall–Kier alpha value is -1.07. The maximum atomic E-state index is 5.98. The van der Waals surface area contributed by atoms with E-state index in [4.69, 9.17) is 21.1 Å².